The number of hydrogen-bond donors (Lipinski definition) is 0. The third kappa shape index (κ3) is 3.16. The monoisotopic (exact) mass is 301 g/mol. The predicted molar refractivity (Wildman–Crippen MR) is 87.7 cm³/mol. The SMILES string of the molecule is CCN(CC)C(=NC(=O)C(C)(C)C)n1nnc2ccccc21. The Bertz CT molecular complexity index is 692. The van der Waals surface area contributed by atoms with Crippen LogP contribution in [0.15, 0.2) is 29.3 Å². The number of aromatic nitrogens is 3. The van der Waals surface area contributed by atoms with Crippen molar-refractivity contribution < 1.29 is 4.79 Å². The average Bonchev–Trinajstić information content (AvgIpc) is 2.90. The molecule has 0 aliphatic carbocycles. The van der Waals surface area contributed by atoms with Gasteiger partial charge in [0.05, 0.1) is 5.52 Å². The van der Waals surface area contributed by atoms with E-state index in [9.17, 15) is 4.79 Å². The van der Waals surface area contributed by atoms with Crippen molar-refractivity contribution in [3.63, 3.8) is 0 Å². The van der Waals surface area contributed by atoms with Crippen molar-refractivity contribution in [2.45, 2.75) is 34.6 Å². The lowest BCUT2D eigenvalue weighted by Gasteiger charge is -2.23. The molecule has 0 aliphatic heterocycles. The summed E-state index contributed by atoms with van der Waals surface area (Å²) in [6.07, 6.45) is 0. The molecule has 1 aromatic carbocycles. The Morgan fingerprint density at radius 1 is 1.23 bits per heavy atom. The molecule has 1 amide bonds. The summed E-state index contributed by atoms with van der Waals surface area (Å²) in [5, 5.41) is 8.34. The highest BCUT2D eigenvalue weighted by Gasteiger charge is 2.24. The first kappa shape index (κ1) is 16.1. The number of aliphatic imine (C=N–C) groups is 1. The molecule has 22 heavy (non-hydrogen) atoms. The van der Waals surface area contributed by atoms with Crippen LogP contribution in [0.3, 0.4) is 0 Å². The summed E-state index contributed by atoms with van der Waals surface area (Å²) < 4.78 is 1.64. The molecule has 118 valence electrons. The maximum Gasteiger partial charge on any atom is 0.254 e. The van der Waals surface area contributed by atoms with Crippen LogP contribution in [0.5, 0.6) is 0 Å². The van der Waals surface area contributed by atoms with Crippen molar-refractivity contribution in [3.05, 3.63) is 24.3 Å². The van der Waals surface area contributed by atoms with Crippen molar-refractivity contribution >= 4 is 22.9 Å². The summed E-state index contributed by atoms with van der Waals surface area (Å²) in [6, 6.07) is 7.66. The number of amides is 1. The Morgan fingerprint density at radius 2 is 1.86 bits per heavy atom. The second kappa shape index (κ2) is 6.25. The lowest BCUT2D eigenvalue weighted by Crippen LogP contribution is -2.38. The summed E-state index contributed by atoms with van der Waals surface area (Å²) in [7, 11) is 0. The first-order chi connectivity index (χ1) is 10.4. The number of benzene rings is 1. The number of rotatable bonds is 2. The van der Waals surface area contributed by atoms with Crippen LogP contribution in [-0.2, 0) is 4.79 Å². The van der Waals surface area contributed by atoms with E-state index in [-0.39, 0.29) is 5.91 Å². The number of nitrogens with zero attached hydrogens (tertiary/aromatic N) is 5. The van der Waals surface area contributed by atoms with E-state index in [4.69, 9.17) is 0 Å². The van der Waals surface area contributed by atoms with Gasteiger partial charge < -0.3 is 4.90 Å². The van der Waals surface area contributed by atoms with Crippen LogP contribution in [-0.4, -0.2) is 44.9 Å². The lowest BCUT2D eigenvalue weighted by atomic mass is 9.96. The van der Waals surface area contributed by atoms with Gasteiger partial charge in [0.2, 0.25) is 5.96 Å². The Kier molecular flexibility index (Phi) is 4.59. The van der Waals surface area contributed by atoms with Crippen molar-refractivity contribution in [1.29, 1.82) is 0 Å². The van der Waals surface area contributed by atoms with E-state index in [1.807, 2.05) is 63.8 Å². The van der Waals surface area contributed by atoms with Gasteiger partial charge >= 0.3 is 0 Å². The smallest absolute Gasteiger partial charge is 0.254 e. The van der Waals surface area contributed by atoms with Crippen LogP contribution in [0, 0.1) is 5.41 Å². The molecule has 1 heterocycles. The fraction of sp³-hybridized carbons (Fsp3) is 0.500. The Balaban J connectivity index is 2.58. The third-order valence-corrected chi connectivity index (χ3v) is 3.43. The molecule has 1 aromatic heterocycles. The fourth-order valence-corrected chi connectivity index (χ4v) is 2.03. The van der Waals surface area contributed by atoms with Crippen LogP contribution in [0.1, 0.15) is 34.6 Å². The second-order valence-electron chi connectivity index (χ2n) is 6.13. The zero-order valence-electron chi connectivity index (χ0n) is 13.9. The van der Waals surface area contributed by atoms with Crippen molar-refractivity contribution in [2.75, 3.05) is 13.1 Å². The molecule has 0 unspecified atom stereocenters. The normalized spacial score (nSPS) is 12.7. The van der Waals surface area contributed by atoms with Crippen molar-refractivity contribution in [2.24, 2.45) is 10.4 Å². The highest BCUT2D eigenvalue weighted by molar-refractivity contribution is 5.99. The van der Waals surface area contributed by atoms with E-state index >= 15 is 0 Å². The molecular weight excluding hydrogens is 278 g/mol. The molecule has 0 saturated heterocycles. The molecule has 0 spiro atoms. The third-order valence-electron chi connectivity index (χ3n) is 3.43. The number of carbonyl (C=O) groups excluding carboxylic acids is 1. The first-order valence-electron chi connectivity index (χ1n) is 7.57. The van der Waals surface area contributed by atoms with Crippen LogP contribution in [0.25, 0.3) is 11.0 Å². The van der Waals surface area contributed by atoms with E-state index in [1.165, 1.54) is 0 Å². The van der Waals surface area contributed by atoms with Crippen LogP contribution in [0.2, 0.25) is 0 Å². The first-order valence-corrected chi connectivity index (χ1v) is 7.57. The zero-order valence-corrected chi connectivity index (χ0v) is 13.9. The molecule has 6 nitrogen and oxygen atoms in total. The highest BCUT2D eigenvalue weighted by Crippen LogP contribution is 2.17. The maximum atomic E-state index is 12.4. The molecule has 0 fully saturated rings. The highest BCUT2D eigenvalue weighted by atomic mass is 16.1. The van der Waals surface area contributed by atoms with E-state index < -0.39 is 5.41 Å². The second-order valence-corrected chi connectivity index (χ2v) is 6.13. The van der Waals surface area contributed by atoms with E-state index in [2.05, 4.69) is 15.3 Å². The predicted octanol–water partition coefficient (Wildman–Crippen LogP) is 2.55. The number of hydrogen-bond acceptors (Lipinski definition) is 3. The van der Waals surface area contributed by atoms with Crippen LogP contribution >= 0.6 is 0 Å². The lowest BCUT2D eigenvalue weighted by molar-refractivity contribution is -0.124. The zero-order chi connectivity index (χ0) is 16.3. The summed E-state index contributed by atoms with van der Waals surface area (Å²) in [5.74, 6) is 0.354. The quantitative estimate of drug-likeness (QED) is 0.631. The van der Waals surface area contributed by atoms with Gasteiger partial charge in [0.25, 0.3) is 5.91 Å². The van der Waals surface area contributed by atoms with Gasteiger partial charge in [-0.2, -0.15) is 9.67 Å². The van der Waals surface area contributed by atoms with Gasteiger partial charge in [-0.25, -0.2) is 0 Å². The summed E-state index contributed by atoms with van der Waals surface area (Å²) in [6.45, 7) is 11.1. The molecule has 0 bridgehead atoms. The molecule has 0 atom stereocenters. The topological polar surface area (TPSA) is 63.4 Å². The minimum Gasteiger partial charge on any atom is -0.341 e. The summed E-state index contributed by atoms with van der Waals surface area (Å²) in [4.78, 5) is 18.7. The molecular formula is C16H23N5O. The number of para-hydroxylation sites is 1. The molecule has 0 N–H and O–H groups in total. The molecule has 0 aliphatic rings. The minimum atomic E-state index is -0.533. The average molecular weight is 301 g/mol. The van der Waals surface area contributed by atoms with Crippen LogP contribution in [0.4, 0.5) is 0 Å². The van der Waals surface area contributed by atoms with Gasteiger partial charge in [0.15, 0.2) is 0 Å². The van der Waals surface area contributed by atoms with Gasteiger partial charge in [0, 0.05) is 18.5 Å². The maximum absolute atomic E-state index is 12.4. The molecule has 6 heteroatoms. The van der Waals surface area contributed by atoms with Crippen molar-refractivity contribution in [1.82, 2.24) is 19.9 Å². The fourth-order valence-electron chi connectivity index (χ4n) is 2.03. The molecule has 0 saturated carbocycles. The molecule has 2 rings (SSSR count). The number of fused-ring (bicyclic) bond motifs is 1. The van der Waals surface area contributed by atoms with Gasteiger partial charge in [-0.3, -0.25) is 4.79 Å². The van der Waals surface area contributed by atoms with E-state index in [1.54, 1.807) is 4.68 Å². The molecule has 2 aromatic rings. The van der Waals surface area contributed by atoms with Crippen molar-refractivity contribution in [3.8, 4) is 0 Å². The number of carbonyl (C=O) groups is 1. The van der Waals surface area contributed by atoms with E-state index in [0.29, 0.717) is 5.96 Å². The van der Waals surface area contributed by atoms with Gasteiger partial charge in [-0.15, -0.1) is 5.10 Å². The van der Waals surface area contributed by atoms with Crippen LogP contribution < -0.4 is 0 Å². The Morgan fingerprint density at radius 3 is 2.45 bits per heavy atom. The van der Waals surface area contributed by atoms with E-state index in [0.717, 1.165) is 24.1 Å². The standard InChI is InChI=1S/C16H23N5O/c1-6-20(7-2)15(17-14(22)16(3,4)5)21-13-11-9-8-10-12(13)18-19-21/h8-11H,6-7H2,1-5H3. The largest absolute Gasteiger partial charge is 0.341 e. The Labute approximate surface area is 130 Å². The van der Waals surface area contributed by atoms with Gasteiger partial charge in [0.1, 0.15) is 5.52 Å². The van der Waals surface area contributed by atoms with Gasteiger partial charge in [-0.1, -0.05) is 38.1 Å². The minimum absolute atomic E-state index is 0.172. The van der Waals surface area contributed by atoms with Gasteiger partial charge in [-0.05, 0) is 26.0 Å². The Hall–Kier alpha value is -2.24. The summed E-state index contributed by atoms with van der Waals surface area (Å²) >= 11 is 0. The molecule has 0 radical (unpaired) electrons. The summed E-state index contributed by atoms with van der Waals surface area (Å²) in [5.41, 5.74) is 1.09.